The van der Waals surface area contributed by atoms with Gasteiger partial charge in [-0.2, -0.15) is 0 Å². The van der Waals surface area contributed by atoms with Crippen LogP contribution in [-0.2, 0) is 16.0 Å². The lowest BCUT2D eigenvalue weighted by atomic mass is 10.2. The number of thiazole rings is 1. The number of carbonyl (C=O) groups excluding carboxylic acids is 1. The molecule has 0 saturated carbocycles. The molecule has 1 fully saturated rings. The van der Waals surface area contributed by atoms with Crippen LogP contribution in [0.25, 0.3) is 16.2 Å². The third-order valence-corrected chi connectivity index (χ3v) is 5.67. The van der Waals surface area contributed by atoms with Gasteiger partial charge in [-0.3, -0.25) is 9.20 Å². The van der Waals surface area contributed by atoms with Crippen molar-refractivity contribution in [2.45, 2.75) is 32.5 Å². The van der Waals surface area contributed by atoms with Crippen molar-refractivity contribution in [1.82, 2.24) is 14.3 Å². The Morgan fingerprint density at radius 1 is 1.27 bits per heavy atom. The fourth-order valence-corrected chi connectivity index (χ4v) is 4.36. The van der Waals surface area contributed by atoms with E-state index in [1.165, 1.54) is 0 Å². The van der Waals surface area contributed by atoms with E-state index in [4.69, 9.17) is 16.3 Å². The third kappa shape index (κ3) is 3.49. The summed E-state index contributed by atoms with van der Waals surface area (Å²) >= 11 is 7.51. The van der Waals surface area contributed by atoms with Crippen LogP contribution in [0.15, 0.2) is 35.8 Å². The molecule has 1 saturated heterocycles. The number of amides is 1. The van der Waals surface area contributed by atoms with Gasteiger partial charge in [0.2, 0.25) is 5.91 Å². The number of hydrogen-bond acceptors (Lipinski definition) is 4. The molecule has 5 nitrogen and oxygen atoms in total. The van der Waals surface area contributed by atoms with Crippen molar-refractivity contribution >= 4 is 33.8 Å². The first kappa shape index (κ1) is 17.5. The molecule has 0 radical (unpaired) electrons. The molecule has 1 aliphatic rings. The Morgan fingerprint density at radius 3 is 2.65 bits per heavy atom. The van der Waals surface area contributed by atoms with Crippen molar-refractivity contribution in [3.8, 4) is 11.3 Å². The molecule has 4 rings (SSSR count). The molecule has 3 heterocycles. The molecule has 0 bridgehead atoms. The van der Waals surface area contributed by atoms with Gasteiger partial charge in [0.25, 0.3) is 0 Å². The van der Waals surface area contributed by atoms with E-state index >= 15 is 0 Å². The lowest BCUT2D eigenvalue weighted by molar-refractivity contribution is -0.142. The molecule has 136 valence electrons. The fraction of sp³-hybridized carbons (Fsp3) is 0.368. The van der Waals surface area contributed by atoms with Crippen LogP contribution < -0.4 is 0 Å². The molecule has 26 heavy (non-hydrogen) atoms. The molecule has 0 N–H and O–H groups in total. The lowest BCUT2D eigenvalue weighted by Crippen LogP contribution is -2.48. The van der Waals surface area contributed by atoms with Crippen LogP contribution in [0.1, 0.15) is 19.5 Å². The minimum atomic E-state index is 0.0787. The van der Waals surface area contributed by atoms with Crippen LogP contribution in [0, 0.1) is 0 Å². The van der Waals surface area contributed by atoms with Crippen LogP contribution in [0.5, 0.6) is 0 Å². The number of carbonyl (C=O) groups is 1. The first-order valence-electron chi connectivity index (χ1n) is 8.64. The van der Waals surface area contributed by atoms with Crippen LogP contribution >= 0.6 is 22.9 Å². The Kier molecular flexibility index (Phi) is 4.73. The second kappa shape index (κ2) is 7.02. The minimum Gasteiger partial charge on any atom is -0.372 e. The Hall–Kier alpha value is -1.89. The zero-order valence-corrected chi connectivity index (χ0v) is 16.3. The quantitative estimate of drug-likeness (QED) is 0.682. The van der Waals surface area contributed by atoms with Crippen molar-refractivity contribution in [2.75, 3.05) is 13.1 Å². The number of benzene rings is 1. The lowest BCUT2D eigenvalue weighted by Gasteiger charge is -2.35. The number of nitrogens with zero attached hydrogens (tertiary/aromatic N) is 3. The predicted octanol–water partition coefficient (Wildman–Crippen LogP) is 3.89. The van der Waals surface area contributed by atoms with Gasteiger partial charge in [-0.05, 0) is 26.0 Å². The first-order valence-corrected chi connectivity index (χ1v) is 9.90. The van der Waals surface area contributed by atoms with Crippen molar-refractivity contribution in [3.05, 3.63) is 46.6 Å². The highest BCUT2D eigenvalue weighted by atomic mass is 35.5. The van der Waals surface area contributed by atoms with E-state index in [0.717, 1.165) is 21.9 Å². The molecule has 7 heteroatoms. The number of ether oxygens (including phenoxy) is 1. The van der Waals surface area contributed by atoms with E-state index in [1.54, 1.807) is 11.3 Å². The maximum atomic E-state index is 12.7. The van der Waals surface area contributed by atoms with Gasteiger partial charge >= 0.3 is 0 Å². The van der Waals surface area contributed by atoms with E-state index < -0.39 is 0 Å². The van der Waals surface area contributed by atoms with Gasteiger partial charge in [-0.1, -0.05) is 23.7 Å². The fourth-order valence-electron chi connectivity index (χ4n) is 3.36. The average Bonchev–Trinajstić information content (AvgIpc) is 3.16. The highest BCUT2D eigenvalue weighted by Crippen LogP contribution is 2.25. The van der Waals surface area contributed by atoms with Gasteiger partial charge in [0.15, 0.2) is 4.96 Å². The number of aromatic nitrogens is 2. The summed E-state index contributed by atoms with van der Waals surface area (Å²) in [5, 5.41) is 2.72. The zero-order chi connectivity index (χ0) is 18.3. The van der Waals surface area contributed by atoms with E-state index in [0.29, 0.717) is 24.5 Å². The van der Waals surface area contributed by atoms with Gasteiger partial charge in [-0.25, -0.2) is 4.98 Å². The molecule has 1 aliphatic heterocycles. The summed E-state index contributed by atoms with van der Waals surface area (Å²) in [6.07, 6.45) is 2.52. The second-order valence-electron chi connectivity index (χ2n) is 6.75. The Morgan fingerprint density at radius 2 is 1.96 bits per heavy atom. The number of halogens is 1. The SMILES string of the molecule is C[C@@H]1CN(C(=O)Cc2csc3nc(-c4ccc(Cl)cc4)cn23)C[C@@H](C)O1. The Labute approximate surface area is 161 Å². The second-order valence-corrected chi connectivity index (χ2v) is 8.02. The largest absolute Gasteiger partial charge is 0.372 e. The average molecular weight is 390 g/mol. The number of hydrogen-bond donors (Lipinski definition) is 0. The summed E-state index contributed by atoms with van der Waals surface area (Å²) in [6, 6.07) is 7.62. The summed E-state index contributed by atoms with van der Waals surface area (Å²) in [6.45, 7) is 5.31. The molecule has 2 aromatic heterocycles. The third-order valence-electron chi connectivity index (χ3n) is 4.53. The number of rotatable bonds is 3. The summed E-state index contributed by atoms with van der Waals surface area (Å²) in [4.78, 5) is 20.2. The maximum absolute atomic E-state index is 12.7. The van der Waals surface area contributed by atoms with Crippen molar-refractivity contribution in [3.63, 3.8) is 0 Å². The van der Waals surface area contributed by atoms with Gasteiger partial charge in [-0.15, -0.1) is 11.3 Å². The first-order chi connectivity index (χ1) is 12.5. The van der Waals surface area contributed by atoms with Crippen molar-refractivity contribution in [2.24, 2.45) is 0 Å². The molecule has 0 spiro atoms. The normalized spacial score (nSPS) is 20.7. The molecular weight excluding hydrogens is 370 g/mol. The van der Waals surface area contributed by atoms with Crippen molar-refractivity contribution < 1.29 is 9.53 Å². The molecule has 0 unspecified atom stereocenters. The van der Waals surface area contributed by atoms with Gasteiger partial charge < -0.3 is 9.64 Å². The molecule has 0 aliphatic carbocycles. The van der Waals surface area contributed by atoms with Crippen molar-refractivity contribution in [1.29, 1.82) is 0 Å². The molecular formula is C19H20ClN3O2S. The van der Waals surface area contributed by atoms with Gasteiger partial charge in [0.1, 0.15) is 0 Å². The Bertz CT molecular complexity index is 924. The molecule has 1 amide bonds. The Balaban J connectivity index is 1.55. The number of imidazole rings is 1. The zero-order valence-electron chi connectivity index (χ0n) is 14.7. The summed E-state index contributed by atoms with van der Waals surface area (Å²) in [5.74, 6) is 0.133. The van der Waals surface area contributed by atoms with E-state index in [2.05, 4.69) is 4.98 Å². The standard InChI is InChI=1S/C19H20ClN3O2S/c1-12-8-22(9-13(2)25-12)18(24)7-16-11-26-19-21-17(10-23(16)19)14-3-5-15(20)6-4-14/h3-6,10-13H,7-9H2,1-2H3/t12-,13-/m1/s1. The summed E-state index contributed by atoms with van der Waals surface area (Å²) in [5.41, 5.74) is 2.86. The number of fused-ring (bicyclic) bond motifs is 1. The van der Waals surface area contributed by atoms with E-state index in [1.807, 2.05) is 59.0 Å². The van der Waals surface area contributed by atoms with Crippen LogP contribution in [0.4, 0.5) is 0 Å². The molecule has 3 aromatic rings. The smallest absolute Gasteiger partial charge is 0.228 e. The minimum absolute atomic E-state index is 0.0787. The maximum Gasteiger partial charge on any atom is 0.228 e. The summed E-state index contributed by atoms with van der Waals surface area (Å²) in [7, 11) is 0. The van der Waals surface area contributed by atoms with E-state index in [9.17, 15) is 4.79 Å². The summed E-state index contributed by atoms with van der Waals surface area (Å²) < 4.78 is 7.73. The highest BCUT2D eigenvalue weighted by Gasteiger charge is 2.26. The molecule has 2 atom stereocenters. The van der Waals surface area contributed by atoms with Gasteiger partial charge in [0, 0.05) is 40.9 Å². The monoisotopic (exact) mass is 389 g/mol. The van der Waals surface area contributed by atoms with E-state index in [-0.39, 0.29) is 18.1 Å². The number of morpholine rings is 1. The van der Waals surface area contributed by atoms with Crippen LogP contribution in [0.2, 0.25) is 5.02 Å². The van der Waals surface area contributed by atoms with Crippen LogP contribution in [-0.4, -0.2) is 45.5 Å². The van der Waals surface area contributed by atoms with Gasteiger partial charge in [0.05, 0.1) is 24.3 Å². The highest BCUT2D eigenvalue weighted by molar-refractivity contribution is 7.15. The molecule has 1 aromatic carbocycles. The van der Waals surface area contributed by atoms with Crippen LogP contribution in [0.3, 0.4) is 0 Å². The topological polar surface area (TPSA) is 46.8 Å². The predicted molar refractivity (Wildman–Crippen MR) is 104 cm³/mol.